The number of rotatable bonds is 1. The summed E-state index contributed by atoms with van der Waals surface area (Å²) in [7, 11) is 0. The van der Waals surface area contributed by atoms with Crippen LogP contribution in [0.4, 0.5) is 0 Å². The van der Waals surface area contributed by atoms with Gasteiger partial charge < -0.3 is 10.1 Å². The Morgan fingerprint density at radius 2 is 2.07 bits per heavy atom. The minimum Gasteiger partial charge on any atom is -0.325 e. The Bertz CT molecular complexity index is 456. The number of nitrogens with zero attached hydrogens (tertiary/aromatic N) is 2. The van der Waals surface area contributed by atoms with Crippen molar-refractivity contribution in [1.82, 2.24) is 9.38 Å². The van der Waals surface area contributed by atoms with Gasteiger partial charge in [0.1, 0.15) is 5.65 Å². The molecule has 0 fully saturated rings. The van der Waals surface area contributed by atoms with Gasteiger partial charge in [-0.05, 0) is 35.0 Å². The molecule has 0 spiro atoms. The van der Waals surface area contributed by atoms with Gasteiger partial charge in [-0.1, -0.05) is 0 Å². The van der Waals surface area contributed by atoms with Crippen molar-refractivity contribution in [2.24, 2.45) is 5.73 Å². The molecule has 0 saturated heterocycles. The minimum atomic E-state index is 0. The van der Waals surface area contributed by atoms with Gasteiger partial charge in [0.25, 0.3) is 0 Å². The lowest BCUT2D eigenvalue weighted by Gasteiger charge is -2.00. The summed E-state index contributed by atoms with van der Waals surface area (Å²) >= 11 is 3.47. The number of hydrogen-bond acceptors (Lipinski definition) is 2. The van der Waals surface area contributed by atoms with Crippen LogP contribution in [0.1, 0.15) is 11.4 Å². The van der Waals surface area contributed by atoms with E-state index >= 15 is 0 Å². The van der Waals surface area contributed by atoms with Gasteiger partial charge in [0, 0.05) is 22.9 Å². The topological polar surface area (TPSA) is 43.3 Å². The highest BCUT2D eigenvalue weighted by Gasteiger charge is 2.03. The highest BCUT2D eigenvalue weighted by molar-refractivity contribution is 9.10. The van der Waals surface area contributed by atoms with Gasteiger partial charge in [-0.3, -0.25) is 0 Å². The Kier molecular flexibility index (Phi) is 5.59. The molecule has 2 rings (SSSR count). The lowest BCUT2D eigenvalue weighted by Crippen LogP contribution is -1.95. The Hall–Kier alpha value is -0.290. The van der Waals surface area contributed by atoms with Crippen LogP contribution >= 0.6 is 40.7 Å². The van der Waals surface area contributed by atoms with E-state index in [2.05, 4.69) is 20.9 Å². The molecule has 0 aliphatic carbocycles. The van der Waals surface area contributed by atoms with Crippen LogP contribution < -0.4 is 5.73 Å². The summed E-state index contributed by atoms with van der Waals surface area (Å²) in [5.74, 6) is 0. The second-order valence-electron chi connectivity index (χ2n) is 2.93. The number of aryl methyl sites for hydroxylation is 1. The summed E-state index contributed by atoms with van der Waals surface area (Å²) in [6.45, 7) is 2.53. The Morgan fingerprint density at radius 1 is 1.40 bits per heavy atom. The molecule has 84 valence electrons. The number of hydrogen-bond donors (Lipinski definition) is 1. The molecule has 0 bridgehead atoms. The molecule has 0 aromatic carbocycles. The molecule has 2 aromatic heterocycles. The van der Waals surface area contributed by atoms with Crippen molar-refractivity contribution in [2.45, 2.75) is 13.5 Å². The Labute approximate surface area is 109 Å². The number of pyridine rings is 1. The summed E-state index contributed by atoms with van der Waals surface area (Å²) in [5.41, 5.74) is 8.52. The molecule has 3 nitrogen and oxygen atoms in total. The maximum atomic E-state index is 5.51. The van der Waals surface area contributed by atoms with Crippen LogP contribution in [0.3, 0.4) is 0 Å². The van der Waals surface area contributed by atoms with E-state index < -0.39 is 0 Å². The van der Waals surface area contributed by atoms with Gasteiger partial charge >= 0.3 is 0 Å². The minimum absolute atomic E-state index is 0. The number of fused-ring (bicyclic) bond motifs is 1. The normalized spacial score (nSPS) is 9.53. The Morgan fingerprint density at radius 3 is 2.67 bits per heavy atom. The molecular formula is C9H12BrCl2N3. The van der Waals surface area contributed by atoms with E-state index in [0.29, 0.717) is 6.54 Å². The largest absolute Gasteiger partial charge is 0.325 e. The van der Waals surface area contributed by atoms with Gasteiger partial charge in [-0.25, -0.2) is 4.98 Å². The average molecular weight is 313 g/mol. The van der Waals surface area contributed by atoms with Crippen LogP contribution in [-0.2, 0) is 6.54 Å². The van der Waals surface area contributed by atoms with Crippen LogP contribution in [-0.4, -0.2) is 9.38 Å². The summed E-state index contributed by atoms with van der Waals surface area (Å²) in [6, 6.07) is 3.97. The smallest absolute Gasteiger partial charge is 0.137 e. The third kappa shape index (κ3) is 2.64. The standard InChI is InChI=1S/C9H10BrN3.2ClH/c1-6-8(10)2-3-9-12-7(4-11)5-13(6)9;;/h2-3,5H,4,11H2,1H3;2*1H. The molecule has 2 heterocycles. The van der Waals surface area contributed by atoms with E-state index in [1.165, 1.54) is 0 Å². The number of imidazole rings is 1. The number of halogens is 3. The van der Waals surface area contributed by atoms with Crippen LogP contribution in [0.5, 0.6) is 0 Å². The SMILES string of the molecule is Cc1c(Br)ccc2nc(CN)cn12.Cl.Cl. The van der Waals surface area contributed by atoms with E-state index in [4.69, 9.17) is 5.73 Å². The van der Waals surface area contributed by atoms with Gasteiger partial charge in [0.05, 0.1) is 5.69 Å². The second-order valence-corrected chi connectivity index (χ2v) is 3.79. The van der Waals surface area contributed by atoms with Crippen LogP contribution in [0.15, 0.2) is 22.8 Å². The van der Waals surface area contributed by atoms with Crippen LogP contribution in [0.25, 0.3) is 5.65 Å². The molecule has 0 aliphatic heterocycles. The van der Waals surface area contributed by atoms with E-state index in [1.807, 2.05) is 29.7 Å². The maximum Gasteiger partial charge on any atom is 0.137 e. The third-order valence-electron chi connectivity index (χ3n) is 2.08. The predicted octanol–water partition coefficient (Wildman–Crippen LogP) is 2.71. The van der Waals surface area contributed by atoms with Crippen molar-refractivity contribution in [3.8, 4) is 0 Å². The average Bonchev–Trinajstić information content (AvgIpc) is 2.55. The van der Waals surface area contributed by atoms with Gasteiger partial charge in [0.15, 0.2) is 0 Å². The summed E-state index contributed by atoms with van der Waals surface area (Å²) in [4.78, 5) is 4.35. The maximum absolute atomic E-state index is 5.51. The fourth-order valence-corrected chi connectivity index (χ4v) is 1.64. The zero-order valence-electron chi connectivity index (χ0n) is 8.11. The fourth-order valence-electron chi connectivity index (χ4n) is 1.31. The van der Waals surface area contributed by atoms with Gasteiger partial charge in [-0.2, -0.15) is 0 Å². The van der Waals surface area contributed by atoms with Crippen molar-refractivity contribution in [1.29, 1.82) is 0 Å². The third-order valence-corrected chi connectivity index (χ3v) is 2.92. The van der Waals surface area contributed by atoms with E-state index in [-0.39, 0.29) is 24.8 Å². The summed E-state index contributed by atoms with van der Waals surface area (Å²) < 4.78 is 3.12. The first-order chi connectivity index (χ1) is 6.22. The first-order valence-corrected chi connectivity index (χ1v) is 4.85. The first-order valence-electron chi connectivity index (χ1n) is 4.05. The molecule has 2 aromatic rings. The highest BCUT2D eigenvalue weighted by atomic mass is 79.9. The summed E-state index contributed by atoms with van der Waals surface area (Å²) in [6.07, 6.45) is 1.97. The molecule has 0 amide bonds. The van der Waals surface area contributed by atoms with Crippen LogP contribution in [0.2, 0.25) is 0 Å². The molecule has 6 heteroatoms. The highest BCUT2D eigenvalue weighted by Crippen LogP contribution is 2.17. The lowest BCUT2D eigenvalue weighted by atomic mass is 10.4. The predicted molar refractivity (Wildman–Crippen MR) is 70.0 cm³/mol. The fraction of sp³-hybridized carbons (Fsp3) is 0.222. The molecule has 0 radical (unpaired) electrons. The quantitative estimate of drug-likeness (QED) is 0.880. The number of nitrogens with two attached hydrogens (primary N) is 1. The second kappa shape index (κ2) is 5.70. The molecule has 0 unspecified atom stereocenters. The van der Waals surface area contributed by atoms with Crippen molar-refractivity contribution >= 4 is 46.4 Å². The monoisotopic (exact) mass is 311 g/mol. The molecule has 2 N–H and O–H groups in total. The molecular weight excluding hydrogens is 301 g/mol. The van der Waals surface area contributed by atoms with Gasteiger partial charge in [0.2, 0.25) is 0 Å². The zero-order chi connectivity index (χ0) is 9.42. The summed E-state index contributed by atoms with van der Waals surface area (Å²) in [5, 5.41) is 0. The van der Waals surface area contributed by atoms with Crippen molar-refractivity contribution in [3.63, 3.8) is 0 Å². The Balaban J connectivity index is 0.000000980. The first kappa shape index (κ1) is 14.7. The molecule has 15 heavy (non-hydrogen) atoms. The van der Waals surface area contributed by atoms with Crippen molar-refractivity contribution < 1.29 is 0 Å². The molecule has 0 aliphatic rings. The van der Waals surface area contributed by atoms with Crippen LogP contribution in [0, 0.1) is 6.92 Å². The van der Waals surface area contributed by atoms with Crippen molar-refractivity contribution in [3.05, 3.63) is 34.2 Å². The van der Waals surface area contributed by atoms with Crippen molar-refractivity contribution in [2.75, 3.05) is 0 Å². The zero-order valence-corrected chi connectivity index (χ0v) is 11.3. The molecule has 0 saturated carbocycles. The lowest BCUT2D eigenvalue weighted by molar-refractivity contribution is 1.01. The van der Waals surface area contributed by atoms with Gasteiger partial charge in [-0.15, -0.1) is 24.8 Å². The van der Waals surface area contributed by atoms with E-state index in [0.717, 1.165) is 21.5 Å². The van der Waals surface area contributed by atoms with E-state index in [1.54, 1.807) is 0 Å². The number of aromatic nitrogens is 2. The molecule has 0 atom stereocenters. The van der Waals surface area contributed by atoms with E-state index in [9.17, 15) is 0 Å².